The molecule has 4 nitrogen and oxygen atoms in total. The summed E-state index contributed by atoms with van der Waals surface area (Å²) in [6.07, 6.45) is 8.25. The van der Waals surface area contributed by atoms with Crippen LogP contribution in [0.5, 0.6) is 11.5 Å². The van der Waals surface area contributed by atoms with Gasteiger partial charge in [-0.2, -0.15) is 0 Å². The molecule has 2 unspecified atom stereocenters. The summed E-state index contributed by atoms with van der Waals surface area (Å²) in [4.78, 5) is 2.68. The standard InChI is InChI=1S/C20H27NO3/c1-22-16-7-6-15-8-10-21-9-4-5-14-11-18(23-2)19(24-3)12-17(14)20(15,21)13-16/h6,11-12,16H,4-5,7-10,13H2,1-3H3. The van der Waals surface area contributed by atoms with Crippen molar-refractivity contribution in [2.45, 2.75) is 43.7 Å². The van der Waals surface area contributed by atoms with E-state index in [2.05, 4.69) is 23.1 Å². The number of nitrogens with zero attached hydrogens (tertiary/aromatic N) is 1. The first kappa shape index (κ1) is 16.0. The van der Waals surface area contributed by atoms with Crippen molar-refractivity contribution < 1.29 is 14.2 Å². The average Bonchev–Trinajstić information content (AvgIpc) is 2.92. The van der Waals surface area contributed by atoms with E-state index in [9.17, 15) is 0 Å². The van der Waals surface area contributed by atoms with Gasteiger partial charge in [-0.25, -0.2) is 0 Å². The van der Waals surface area contributed by atoms with E-state index >= 15 is 0 Å². The average molecular weight is 329 g/mol. The lowest BCUT2D eigenvalue weighted by atomic mass is 9.73. The number of rotatable bonds is 3. The van der Waals surface area contributed by atoms with Crippen LogP contribution in [-0.4, -0.2) is 45.4 Å². The highest BCUT2D eigenvalue weighted by atomic mass is 16.5. The third-order valence-corrected chi connectivity index (χ3v) is 6.13. The molecule has 0 saturated carbocycles. The van der Waals surface area contributed by atoms with Crippen molar-refractivity contribution >= 4 is 0 Å². The zero-order valence-corrected chi connectivity index (χ0v) is 14.9. The SMILES string of the molecule is COc1cc2c(cc1OC)C13CC(OC)CC=C1CCN3CCC2. The molecule has 24 heavy (non-hydrogen) atoms. The Balaban J connectivity index is 1.92. The first-order valence-corrected chi connectivity index (χ1v) is 8.95. The molecule has 3 aliphatic rings. The fourth-order valence-corrected chi connectivity index (χ4v) is 4.98. The molecule has 0 bridgehead atoms. The molecule has 1 aromatic carbocycles. The van der Waals surface area contributed by atoms with Crippen LogP contribution in [0.1, 0.15) is 36.8 Å². The molecule has 4 heteroatoms. The van der Waals surface area contributed by atoms with E-state index in [0.29, 0.717) is 0 Å². The molecule has 0 radical (unpaired) electrons. The molecule has 1 saturated heterocycles. The number of benzene rings is 1. The van der Waals surface area contributed by atoms with Crippen molar-refractivity contribution in [1.82, 2.24) is 4.90 Å². The molecule has 1 aromatic rings. The van der Waals surface area contributed by atoms with Crippen LogP contribution in [0.25, 0.3) is 0 Å². The van der Waals surface area contributed by atoms with E-state index in [1.807, 2.05) is 7.11 Å². The molecule has 2 heterocycles. The van der Waals surface area contributed by atoms with Gasteiger partial charge < -0.3 is 14.2 Å². The molecule has 1 spiro atoms. The van der Waals surface area contributed by atoms with Crippen molar-refractivity contribution in [2.75, 3.05) is 34.4 Å². The predicted octanol–water partition coefficient (Wildman–Crippen LogP) is 3.29. The summed E-state index contributed by atoms with van der Waals surface area (Å²) >= 11 is 0. The van der Waals surface area contributed by atoms with Gasteiger partial charge >= 0.3 is 0 Å². The van der Waals surface area contributed by atoms with Crippen LogP contribution in [0.2, 0.25) is 0 Å². The Kier molecular flexibility index (Phi) is 4.05. The summed E-state index contributed by atoms with van der Waals surface area (Å²) in [6.45, 7) is 2.29. The summed E-state index contributed by atoms with van der Waals surface area (Å²) in [5, 5.41) is 0. The summed E-state index contributed by atoms with van der Waals surface area (Å²) in [7, 11) is 5.28. The molecule has 1 aliphatic carbocycles. The Morgan fingerprint density at radius 1 is 1.04 bits per heavy atom. The van der Waals surface area contributed by atoms with Gasteiger partial charge in [-0.15, -0.1) is 0 Å². The first-order valence-electron chi connectivity index (χ1n) is 8.95. The first-order chi connectivity index (χ1) is 11.7. The van der Waals surface area contributed by atoms with E-state index in [0.717, 1.165) is 43.9 Å². The molecule has 130 valence electrons. The van der Waals surface area contributed by atoms with Crippen molar-refractivity contribution in [3.05, 3.63) is 34.9 Å². The minimum absolute atomic E-state index is 0.00961. The van der Waals surface area contributed by atoms with Crippen LogP contribution in [-0.2, 0) is 16.7 Å². The van der Waals surface area contributed by atoms with Gasteiger partial charge in [0.05, 0.1) is 25.9 Å². The van der Waals surface area contributed by atoms with Gasteiger partial charge in [0.1, 0.15) is 0 Å². The van der Waals surface area contributed by atoms with Crippen LogP contribution in [0.4, 0.5) is 0 Å². The van der Waals surface area contributed by atoms with Crippen molar-refractivity contribution in [3.63, 3.8) is 0 Å². The lowest BCUT2D eigenvalue weighted by molar-refractivity contribution is 0.0346. The number of methoxy groups -OCH3 is 3. The number of ether oxygens (including phenoxy) is 3. The largest absolute Gasteiger partial charge is 0.493 e. The summed E-state index contributed by atoms with van der Waals surface area (Å²) in [5.41, 5.74) is 4.37. The summed E-state index contributed by atoms with van der Waals surface area (Å²) in [5.74, 6) is 1.67. The molecule has 2 atom stereocenters. The summed E-state index contributed by atoms with van der Waals surface area (Å²) in [6, 6.07) is 4.42. The smallest absolute Gasteiger partial charge is 0.161 e. The highest BCUT2D eigenvalue weighted by Gasteiger charge is 2.51. The number of hydrogen-bond donors (Lipinski definition) is 0. The monoisotopic (exact) mass is 329 g/mol. The molecule has 1 fully saturated rings. The van der Waals surface area contributed by atoms with Crippen LogP contribution >= 0.6 is 0 Å². The van der Waals surface area contributed by atoms with Crippen molar-refractivity contribution in [3.8, 4) is 11.5 Å². The quantitative estimate of drug-likeness (QED) is 0.796. The van der Waals surface area contributed by atoms with Gasteiger partial charge in [0.15, 0.2) is 11.5 Å². The topological polar surface area (TPSA) is 30.9 Å². The minimum Gasteiger partial charge on any atom is -0.493 e. The molecule has 4 rings (SSSR count). The number of fused-ring (bicyclic) bond motifs is 1. The van der Waals surface area contributed by atoms with Crippen LogP contribution in [0.3, 0.4) is 0 Å². The predicted molar refractivity (Wildman–Crippen MR) is 93.8 cm³/mol. The molecule has 0 aromatic heterocycles. The Morgan fingerprint density at radius 3 is 2.58 bits per heavy atom. The lowest BCUT2D eigenvalue weighted by Gasteiger charge is -2.44. The Labute approximate surface area is 144 Å². The normalized spacial score (nSPS) is 29.1. The van der Waals surface area contributed by atoms with Crippen LogP contribution in [0.15, 0.2) is 23.8 Å². The molecule has 2 aliphatic heterocycles. The lowest BCUT2D eigenvalue weighted by Crippen LogP contribution is -2.46. The van der Waals surface area contributed by atoms with E-state index in [4.69, 9.17) is 14.2 Å². The maximum absolute atomic E-state index is 5.77. The van der Waals surface area contributed by atoms with Crippen molar-refractivity contribution in [2.24, 2.45) is 0 Å². The second-order valence-corrected chi connectivity index (χ2v) is 7.09. The van der Waals surface area contributed by atoms with Gasteiger partial charge in [0, 0.05) is 20.1 Å². The van der Waals surface area contributed by atoms with Gasteiger partial charge in [-0.1, -0.05) is 6.08 Å². The van der Waals surface area contributed by atoms with Gasteiger partial charge in [0.25, 0.3) is 0 Å². The third-order valence-electron chi connectivity index (χ3n) is 6.13. The zero-order chi connectivity index (χ0) is 16.7. The van der Waals surface area contributed by atoms with Gasteiger partial charge in [-0.3, -0.25) is 4.90 Å². The van der Waals surface area contributed by atoms with Crippen LogP contribution < -0.4 is 9.47 Å². The Morgan fingerprint density at radius 2 is 1.83 bits per heavy atom. The van der Waals surface area contributed by atoms with Gasteiger partial charge in [-0.05, 0) is 61.1 Å². The maximum atomic E-state index is 5.77. The second-order valence-electron chi connectivity index (χ2n) is 7.09. The highest BCUT2D eigenvalue weighted by Crippen LogP contribution is 2.53. The third kappa shape index (κ3) is 2.20. The zero-order valence-electron chi connectivity index (χ0n) is 14.9. The molecule has 0 amide bonds. The molecular formula is C20H27NO3. The van der Waals surface area contributed by atoms with E-state index in [1.54, 1.807) is 19.8 Å². The Bertz CT molecular complexity index is 669. The molecular weight excluding hydrogens is 302 g/mol. The van der Waals surface area contributed by atoms with Gasteiger partial charge in [0.2, 0.25) is 0 Å². The highest BCUT2D eigenvalue weighted by molar-refractivity contribution is 5.54. The van der Waals surface area contributed by atoms with Crippen molar-refractivity contribution in [1.29, 1.82) is 0 Å². The van der Waals surface area contributed by atoms with E-state index < -0.39 is 0 Å². The molecule has 0 N–H and O–H groups in total. The number of aryl methyl sites for hydroxylation is 1. The van der Waals surface area contributed by atoms with E-state index in [-0.39, 0.29) is 11.6 Å². The fraction of sp³-hybridized carbons (Fsp3) is 0.600. The number of hydrogen-bond acceptors (Lipinski definition) is 4. The Hall–Kier alpha value is -1.52. The minimum atomic E-state index is -0.00961. The van der Waals surface area contributed by atoms with E-state index in [1.165, 1.54) is 24.0 Å². The fourth-order valence-electron chi connectivity index (χ4n) is 4.98. The second kappa shape index (κ2) is 6.08. The summed E-state index contributed by atoms with van der Waals surface area (Å²) < 4.78 is 17.0. The van der Waals surface area contributed by atoms with Crippen LogP contribution in [0, 0.1) is 0 Å². The maximum Gasteiger partial charge on any atom is 0.161 e.